The zero-order chi connectivity index (χ0) is 16.9. The summed E-state index contributed by atoms with van der Waals surface area (Å²) in [6, 6.07) is 10.2. The summed E-state index contributed by atoms with van der Waals surface area (Å²) >= 11 is 1.58. The normalized spacial score (nSPS) is 21.5. The molecule has 1 aliphatic heterocycles. The summed E-state index contributed by atoms with van der Waals surface area (Å²) in [5.74, 6) is 0.0430. The summed E-state index contributed by atoms with van der Waals surface area (Å²) < 4.78 is 9.43. The van der Waals surface area contributed by atoms with Crippen LogP contribution in [0.1, 0.15) is 26.7 Å². The fraction of sp³-hybridized carbons (Fsp3) is 0.500. The molecule has 0 saturated carbocycles. The van der Waals surface area contributed by atoms with Crippen molar-refractivity contribution in [2.24, 2.45) is 0 Å². The van der Waals surface area contributed by atoms with Crippen molar-refractivity contribution in [3.63, 3.8) is 0 Å². The summed E-state index contributed by atoms with van der Waals surface area (Å²) in [5, 5.41) is 0. The summed E-state index contributed by atoms with van der Waals surface area (Å²) in [7, 11) is 3.59. The van der Waals surface area contributed by atoms with Crippen LogP contribution in [0.2, 0.25) is 0 Å². The van der Waals surface area contributed by atoms with Crippen molar-refractivity contribution in [1.82, 2.24) is 9.62 Å². The number of amides is 1. The van der Waals surface area contributed by atoms with Crippen molar-refractivity contribution in [1.29, 1.82) is 0 Å². The van der Waals surface area contributed by atoms with Gasteiger partial charge in [0.2, 0.25) is 5.91 Å². The lowest BCUT2D eigenvalue weighted by Crippen LogP contribution is -2.58. The molecule has 4 nitrogen and oxygen atoms in total. The summed E-state index contributed by atoms with van der Waals surface area (Å²) in [4.78, 5) is 14.8. The molecule has 5 heteroatoms. The van der Waals surface area contributed by atoms with Gasteiger partial charge >= 0.3 is 0 Å². The SMILES string of the molecule is CCCC(C)(OC)C(NSc1ccccc1)C1C=CC(=O)N1C. The van der Waals surface area contributed by atoms with Gasteiger partial charge in [-0.15, -0.1) is 0 Å². The Morgan fingerprint density at radius 2 is 2.09 bits per heavy atom. The van der Waals surface area contributed by atoms with Crippen LogP contribution < -0.4 is 4.72 Å². The van der Waals surface area contributed by atoms with E-state index in [2.05, 4.69) is 30.7 Å². The monoisotopic (exact) mass is 334 g/mol. The Bertz CT molecular complexity index is 549. The van der Waals surface area contributed by atoms with Crippen LogP contribution in [0.3, 0.4) is 0 Å². The number of nitrogens with one attached hydrogen (secondary N) is 1. The first-order chi connectivity index (χ1) is 11.0. The fourth-order valence-corrected chi connectivity index (χ4v) is 3.91. The highest BCUT2D eigenvalue weighted by atomic mass is 32.2. The van der Waals surface area contributed by atoms with Gasteiger partial charge in [0.25, 0.3) is 0 Å². The lowest BCUT2D eigenvalue weighted by Gasteiger charge is -2.41. The van der Waals surface area contributed by atoms with Crippen LogP contribution in [0.5, 0.6) is 0 Å². The van der Waals surface area contributed by atoms with E-state index < -0.39 is 0 Å². The van der Waals surface area contributed by atoms with Crippen molar-refractivity contribution in [2.45, 2.75) is 49.3 Å². The molecule has 0 aromatic heterocycles. The van der Waals surface area contributed by atoms with Crippen molar-refractivity contribution in [2.75, 3.05) is 14.2 Å². The van der Waals surface area contributed by atoms with Gasteiger partial charge in [-0.1, -0.05) is 37.6 Å². The fourth-order valence-electron chi connectivity index (χ4n) is 2.97. The minimum Gasteiger partial charge on any atom is -0.377 e. The van der Waals surface area contributed by atoms with Gasteiger partial charge in [-0.05, 0) is 37.4 Å². The van der Waals surface area contributed by atoms with Crippen LogP contribution in [0.15, 0.2) is 47.4 Å². The molecule has 1 aromatic rings. The second-order valence-electron chi connectivity index (χ2n) is 6.08. The van der Waals surface area contributed by atoms with Crippen molar-refractivity contribution in [3.05, 3.63) is 42.5 Å². The van der Waals surface area contributed by atoms with E-state index in [4.69, 9.17) is 4.74 Å². The van der Waals surface area contributed by atoms with Gasteiger partial charge < -0.3 is 9.64 Å². The molecule has 0 radical (unpaired) electrons. The van der Waals surface area contributed by atoms with E-state index in [1.54, 1.807) is 30.0 Å². The zero-order valence-electron chi connectivity index (χ0n) is 14.3. The quantitative estimate of drug-likeness (QED) is 0.741. The van der Waals surface area contributed by atoms with Crippen LogP contribution in [0.25, 0.3) is 0 Å². The molecular formula is C18H26N2O2S. The van der Waals surface area contributed by atoms with E-state index in [9.17, 15) is 4.79 Å². The number of hydrogen-bond acceptors (Lipinski definition) is 4. The lowest BCUT2D eigenvalue weighted by atomic mass is 9.86. The Labute approximate surface area is 143 Å². The molecule has 1 amide bonds. The van der Waals surface area contributed by atoms with Gasteiger partial charge in [0.05, 0.1) is 17.7 Å². The zero-order valence-corrected chi connectivity index (χ0v) is 15.1. The molecule has 1 heterocycles. The van der Waals surface area contributed by atoms with Crippen LogP contribution in [0.4, 0.5) is 0 Å². The first-order valence-corrected chi connectivity index (χ1v) is 8.81. The molecule has 1 aliphatic rings. The molecule has 3 unspecified atom stereocenters. The molecule has 0 fully saturated rings. The summed E-state index contributed by atoms with van der Waals surface area (Å²) in [6.07, 6.45) is 5.56. The number of benzene rings is 1. The van der Waals surface area contributed by atoms with Crippen LogP contribution >= 0.6 is 11.9 Å². The molecule has 23 heavy (non-hydrogen) atoms. The third-order valence-corrected chi connectivity index (χ3v) is 5.37. The Morgan fingerprint density at radius 1 is 1.39 bits per heavy atom. The van der Waals surface area contributed by atoms with Gasteiger partial charge in [0.15, 0.2) is 0 Å². The number of carbonyl (C=O) groups excluding carboxylic acids is 1. The molecule has 126 valence electrons. The maximum atomic E-state index is 11.9. The van der Waals surface area contributed by atoms with E-state index in [1.165, 1.54) is 0 Å². The van der Waals surface area contributed by atoms with Crippen LogP contribution in [0, 0.1) is 0 Å². The second-order valence-corrected chi connectivity index (χ2v) is 6.99. The first kappa shape index (κ1) is 18.0. The highest BCUT2D eigenvalue weighted by molar-refractivity contribution is 7.97. The number of likely N-dealkylation sites (N-methyl/N-ethyl adjacent to an activating group) is 1. The molecule has 1 N–H and O–H groups in total. The average Bonchev–Trinajstić information content (AvgIpc) is 2.89. The number of rotatable bonds is 8. The van der Waals surface area contributed by atoms with Crippen LogP contribution in [-0.4, -0.2) is 42.6 Å². The minimum absolute atomic E-state index is 0.00893. The third kappa shape index (κ3) is 4.16. The Morgan fingerprint density at radius 3 is 2.61 bits per heavy atom. The topological polar surface area (TPSA) is 41.6 Å². The van der Waals surface area contributed by atoms with Gasteiger partial charge in [-0.3, -0.25) is 9.52 Å². The van der Waals surface area contributed by atoms with Crippen molar-refractivity contribution in [3.8, 4) is 0 Å². The lowest BCUT2D eigenvalue weighted by molar-refractivity contribution is -0.126. The number of methoxy groups -OCH3 is 1. The first-order valence-electron chi connectivity index (χ1n) is 7.99. The Kier molecular flexibility index (Phi) is 6.27. The van der Waals surface area contributed by atoms with Gasteiger partial charge in [0, 0.05) is 25.1 Å². The summed E-state index contributed by atoms with van der Waals surface area (Å²) in [5.41, 5.74) is -0.357. The highest BCUT2D eigenvalue weighted by Gasteiger charge is 2.42. The maximum Gasteiger partial charge on any atom is 0.246 e. The van der Waals surface area contributed by atoms with E-state index in [-0.39, 0.29) is 23.6 Å². The molecule has 0 aliphatic carbocycles. The molecule has 2 rings (SSSR count). The van der Waals surface area contributed by atoms with E-state index in [1.807, 2.05) is 31.3 Å². The molecular weight excluding hydrogens is 308 g/mol. The third-order valence-electron chi connectivity index (χ3n) is 4.49. The number of hydrogen-bond donors (Lipinski definition) is 1. The minimum atomic E-state index is -0.357. The predicted molar refractivity (Wildman–Crippen MR) is 95.2 cm³/mol. The number of ether oxygens (including phenoxy) is 1. The summed E-state index contributed by atoms with van der Waals surface area (Å²) in [6.45, 7) is 4.27. The molecule has 0 saturated heterocycles. The van der Waals surface area contributed by atoms with Gasteiger partial charge in [-0.2, -0.15) is 0 Å². The van der Waals surface area contributed by atoms with E-state index >= 15 is 0 Å². The van der Waals surface area contributed by atoms with E-state index in [0.717, 1.165) is 17.7 Å². The van der Waals surface area contributed by atoms with Crippen LogP contribution in [-0.2, 0) is 9.53 Å². The number of carbonyl (C=O) groups is 1. The van der Waals surface area contributed by atoms with Gasteiger partial charge in [-0.25, -0.2) is 0 Å². The standard InChI is InChI=1S/C18H26N2O2S/c1-5-13-18(2,22-4)17(15-11-12-16(21)20(15)3)19-23-14-9-7-6-8-10-14/h6-12,15,17,19H,5,13H2,1-4H3. The van der Waals surface area contributed by atoms with Gasteiger partial charge in [0.1, 0.15) is 0 Å². The average molecular weight is 334 g/mol. The molecule has 0 spiro atoms. The second kappa shape index (κ2) is 7.99. The smallest absolute Gasteiger partial charge is 0.246 e. The largest absolute Gasteiger partial charge is 0.377 e. The highest BCUT2D eigenvalue weighted by Crippen LogP contribution is 2.30. The predicted octanol–water partition coefficient (Wildman–Crippen LogP) is 3.25. The van der Waals surface area contributed by atoms with Crippen molar-refractivity contribution >= 4 is 17.9 Å². The Hall–Kier alpha value is -1.30. The molecule has 3 atom stereocenters. The Balaban J connectivity index is 2.20. The number of nitrogens with zero attached hydrogens (tertiary/aromatic N) is 1. The van der Waals surface area contributed by atoms with Crippen molar-refractivity contribution < 1.29 is 9.53 Å². The molecule has 1 aromatic carbocycles. The van der Waals surface area contributed by atoms with E-state index in [0.29, 0.717) is 0 Å². The maximum absolute atomic E-state index is 11.9. The molecule has 0 bridgehead atoms.